The maximum Gasteiger partial charge on any atom is 0.151 e. The number of nitrogens with zero attached hydrogens (tertiary/aromatic N) is 4. The SMILES string of the molecule is CCc1nc(CC)n(-c2cc(C)ncc2CCl)n1. The van der Waals surface area contributed by atoms with Crippen LogP contribution in [0.25, 0.3) is 5.69 Å². The number of pyridine rings is 1. The summed E-state index contributed by atoms with van der Waals surface area (Å²) in [4.78, 5) is 8.79. The predicted molar refractivity (Wildman–Crippen MR) is 72.2 cm³/mol. The number of rotatable bonds is 4. The van der Waals surface area contributed by atoms with Crippen molar-refractivity contribution < 1.29 is 0 Å². The van der Waals surface area contributed by atoms with Crippen LogP contribution < -0.4 is 0 Å². The molecule has 2 heterocycles. The molecule has 0 saturated carbocycles. The van der Waals surface area contributed by atoms with E-state index in [4.69, 9.17) is 11.6 Å². The molecule has 0 saturated heterocycles. The van der Waals surface area contributed by atoms with Gasteiger partial charge in [0.15, 0.2) is 5.82 Å². The summed E-state index contributed by atoms with van der Waals surface area (Å²) in [5, 5.41) is 4.54. The van der Waals surface area contributed by atoms with E-state index in [2.05, 4.69) is 28.9 Å². The second-order valence-corrected chi connectivity index (χ2v) is 4.42. The largest absolute Gasteiger partial charge is 0.261 e. The molecular weight excluding hydrogens is 248 g/mol. The summed E-state index contributed by atoms with van der Waals surface area (Å²) in [7, 11) is 0. The number of alkyl halides is 1. The van der Waals surface area contributed by atoms with Crippen molar-refractivity contribution >= 4 is 11.6 Å². The van der Waals surface area contributed by atoms with Crippen LogP contribution in [0.1, 0.15) is 36.8 Å². The van der Waals surface area contributed by atoms with Gasteiger partial charge in [-0.3, -0.25) is 4.98 Å². The highest BCUT2D eigenvalue weighted by Crippen LogP contribution is 2.18. The van der Waals surface area contributed by atoms with E-state index in [-0.39, 0.29) is 0 Å². The van der Waals surface area contributed by atoms with Gasteiger partial charge < -0.3 is 0 Å². The lowest BCUT2D eigenvalue weighted by atomic mass is 10.2. The van der Waals surface area contributed by atoms with Gasteiger partial charge in [-0.1, -0.05) is 13.8 Å². The Labute approximate surface area is 112 Å². The third-order valence-corrected chi connectivity index (χ3v) is 3.11. The minimum Gasteiger partial charge on any atom is -0.261 e. The molecule has 0 aliphatic heterocycles. The van der Waals surface area contributed by atoms with Crippen molar-refractivity contribution in [3.63, 3.8) is 0 Å². The lowest BCUT2D eigenvalue weighted by Gasteiger charge is -2.09. The molecule has 0 aliphatic rings. The van der Waals surface area contributed by atoms with Crippen LogP contribution in [0.4, 0.5) is 0 Å². The molecule has 0 radical (unpaired) electrons. The first kappa shape index (κ1) is 13.0. The molecule has 0 amide bonds. The molecular formula is C13H17ClN4. The number of halogens is 1. The Kier molecular flexibility index (Phi) is 3.97. The highest BCUT2D eigenvalue weighted by Gasteiger charge is 2.12. The van der Waals surface area contributed by atoms with Gasteiger partial charge in [-0.2, -0.15) is 5.10 Å². The van der Waals surface area contributed by atoms with Crippen LogP contribution in [0.2, 0.25) is 0 Å². The summed E-state index contributed by atoms with van der Waals surface area (Å²) >= 11 is 5.97. The topological polar surface area (TPSA) is 43.6 Å². The predicted octanol–water partition coefficient (Wildman–Crippen LogP) is 2.83. The zero-order chi connectivity index (χ0) is 13.1. The van der Waals surface area contributed by atoms with Crippen molar-refractivity contribution in [2.45, 2.75) is 39.5 Å². The lowest BCUT2D eigenvalue weighted by Crippen LogP contribution is -2.06. The van der Waals surface area contributed by atoms with E-state index in [1.54, 1.807) is 0 Å². The van der Waals surface area contributed by atoms with Crippen LogP contribution in [-0.4, -0.2) is 19.7 Å². The van der Waals surface area contributed by atoms with E-state index in [1.807, 2.05) is 23.9 Å². The Bertz CT molecular complexity index is 548. The van der Waals surface area contributed by atoms with Gasteiger partial charge in [-0.25, -0.2) is 9.67 Å². The molecule has 2 aromatic heterocycles. The van der Waals surface area contributed by atoms with E-state index in [1.165, 1.54) is 0 Å². The first-order valence-corrected chi connectivity index (χ1v) is 6.69. The van der Waals surface area contributed by atoms with Gasteiger partial charge in [0.25, 0.3) is 0 Å². The molecule has 0 fully saturated rings. The fraction of sp³-hybridized carbons (Fsp3) is 0.462. The van der Waals surface area contributed by atoms with E-state index in [0.717, 1.165) is 41.4 Å². The Hall–Kier alpha value is -1.42. The fourth-order valence-electron chi connectivity index (χ4n) is 1.84. The minimum absolute atomic E-state index is 0.424. The molecule has 0 N–H and O–H groups in total. The van der Waals surface area contributed by atoms with Gasteiger partial charge in [0.1, 0.15) is 5.82 Å². The molecule has 4 nitrogen and oxygen atoms in total. The summed E-state index contributed by atoms with van der Waals surface area (Å²) in [6, 6.07) is 2.00. The van der Waals surface area contributed by atoms with Crippen LogP contribution in [0.3, 0.4) is 0 Å². The van der Waals surface area contributed by atoms with Crippen LogP contribution in [0, 0.1) is 6.92 Å². The molecule has 2 aromatic rings. The van der Waals surface area contributed by atoms with E-state index < -0.39 is 0 Å². The minimum atomic E-state index is 0.424. The van der Waals surface area contributed by atoms with Gasteiger partial charge in [-0.05, 0) is 13.0 Å². The van der Waals surface area contributed by atoms with Crippen LogP contribution >= 0.6 is 11.6 Å². The quantitative estimate of drug-likeness (QED) is 0.798. The number of aromatic nitrogens is 4. The molecule has 2 rings (SSSR count). The standard InChI is InChI=1S/C13H17ClN4/c1-4-12-16-13(5-2)18(17-12)11-6-9(3)15-8-10(11)7-14/h6,8H,4-5,7H2,1-3H3. The van der Waals surface area contributed by atoms with Crippen molar-refractivity contribution in [3.8, 4) is 5.69 Å². The summed E-state index contributed by atoms with van der Waals surface area (Å²) in [5.41, 5.74) is 2.92. The third-order valence-electron chi connectivity index (χ3n) is 2.82. The van der Waals surface area contributed by atoms with Crippen LogP contribution in [0.15, 0.2) is 12.3 Å². The fourth-order valence-corrected chi connectivity index (χ4v) is 2.04. The molecule has 5 heteroatoms. The second-order valence-electron chi connectivity index (χ2n) is 4.15. The van der Waals surface area contributed by atoms with E-state index >= 15 is 0 Å². The highest BCUT2D eigenvalue weighted by atomic mass is 35.5. The van der Waals surface area contributed by atoms with Crippen LogP contribution in [0.5, 0.6) is 0 Å². The maximum atomic E-state index is 5.97. The van der Waals surface area contributed by atoms with Crippen molar-refractivity contribution in [1.82, 2.24) is 19.7 Å². The Morgan fingerprint density at radius 2 is 2.06 bits per heavy atom. The van der Waals surface area contributed by atoms with Crippen molar-refractivity contribution in [2.24, 2.45) is 0 Å². The lowest BCUT2D eigenvalue weighted by molar-refractivity contribution is 0.781. The van der Waals surface area contributed by atoms with Crippen molar-refractivity contribution in [1.29, 1.82) is 0 Å². The molecule has 96 valence electrons. The van der Waals surface area contributed by atoms with Gasteiger partial charge in [0.05, 0.1) is 11.6 Å². The molecule has 18 heavy (non-hydrogen) atoms. The normalized spacial score (nSPS) is 10.9. The summed E-state index contributed by atoms with van der Waals surface area (Å²) in [6.45, 7) is 6.10. The van der Waals surface area contributed by atoms with Gasteiger partial charge in [0, 0.05) is 30.3 Å². The van der Waals surface area contributed by atoms with Gasteiger partial charge >= 0.3 is 0 Å². The van der Waals surface area contributed by atoms with Gasteiger partial charge in [0.2, 0.25) is 0 Å². The van der Waals surface area contributed by atoms with Gasteiger partial charge in [-0.15, -0.1) is 11.6 Å². The number of hydrogen-bond acceptors (Lipinski definition) is 3. The summed E-state index contributed by atoms with van der Waals surface area (Å²) in [5.74, 6) is 2.25. The Morgan fingerprint density at radius 1 is 1.28 bits per heavy atom. The number of hydrogen-bond donors (Lipinski definition) is 0. The monoisotopic (exact) mass is 264 g/mol. The zero-order valence-corrected chi connectivity index (χ0v) is 11.7. The van der Waals surface area contributed by atoms with E-state index in [0.29, 0.717) is 5.88 Å². The molecule has 0 bridgehead atoms. The first-order valence-electron chi connectivity index (χ1n) is 6.16. The summed E-state index contributed by atoms with van der Waals surface area (Å²) < 4.78 is 1.89. The molecule has 0 spiro atoms. The molecule has 0 atom stereocenters. The third kappa shape index (κ3) is 2.38. The second kappa shape index (κ2) is 5.48. The molecule has 0 aromatic carbocycles. The Morgan fingerprint density at radius 3 is 2.67 bits per heavy atom. The van der Waals surface area contributed by atoms with E-state index in [9.17, 15) is 0 Å². The van der Waals surface area contributed by atoms with Crippen LogP contribution in [-0.2, 0) is 18.7 Å². The number of aryl methyl sites for hydroxylation is 3. The van der Waals surface area contributed by atoms with Crippen molar-refractivity contribution in [2.75, 3.05) is 0 Å². The maximum absolute atomic E-state index is 5.97. The average molecular weight is 265 g/mol. The average Bonchev–Trinajstić information content (AvgIpc) is 2.81. The smallest absolute Gasteiger partial charge is 0.151 e. The zero-order valence-electron chi connectivity index (χ0n) is 10.9. The molecule has 0 unspecified atom stereocenters. The molecule has 0 aliphatic carbocycles. The summed E-state index contributed by atoms with van der Waals surface area (Å²) in [6.07, 6.45) is 3.49. The van der Waals surface area contributed by atoms with Crippen molar-refractivity contribution in [3.05, 3.63) is 35.2 Å². The first-order chi connectivity index (χ1) is 8.69. The Balaban J connectivity index is 2.59. The highest BCUT2D eigenvalue weighted by molar-refractivity contribution is 6.17.